The molecule has 0 aromatic heterocycles. The van der Waals surface area contributed by atoms with Crippen molar-refractivity contribution in [3.8, 4) is 0 Å². The van der Waals surface area contributed by atoms with E-state index in [1.54, 1.807) is 19.1 Å². The van der Waals surface area contributed by atoms with Crippen molar-refractivity contribution < 1.29 is 18.3 Å². The lowest BCUT2D eigenvalue weighted by atomic mass is 10.0. The van der Waals surface area contributed by atoms with Crippen molar-refractivity contribution >= 4 is 16.0 Å². The van der Waals surface area contributed by atoms with E-state index >= 15 is 0 Å². The molecular formula is C15H23NO4S. The molecular weight excluding hydrogens is 290 g/mol. The third-order valence-corrected chi connectivity index (χ3v) is 4.46. The normalized spacial score (nSPS) is 13.3. The van der Waals surface area contributed by atoms with E-state index in [0.29, 0.717) is 5.92 Å². The van der Waals surface area contributed by atoms with Gasteiger partial charge < -0.3 is 5.11 Å². The fourth-order valence-corrected chi connectivity index (χ4v) is 3.15. The van der Waals surface area contributed by atoms with E-state index in [1.807, 2.05) is 12.1 Å². The average molecular weight is 313 g/mol. The van der Waals surface area contributed by atoms with E-state index in [-0.39, 0.29) is 23.8 Å². The number of benzene rings is 1. The second kappa shape index (κ2) is 7.56. The first-order chi connectivity index (χ1) is 9.70. The number of hydrogen-bond donors (Lipinski definition) is 2. The largest absolute Gasteiger partial charge is 0.481 e. The second-order valence-corrected chi connectivity index (χ2v) is 7.56. The molecule has 0 bridgehead atoms. The summed E-state index contributed by atoms with van der Waals surface area (Å²) in [5.74, 6) is -0.667. The van der Waals surface area contributed by atoms with E-state index in [9.17, 15) is 13.2 Å². The number of aliphatic carboxylic acids is 1. The summed E-state index contributed by atoms with van der Waals surface area (Å²) >= 11 is 0. The zero-order chi connectivity index (χ0) is 16.0. The van der Waals surface area contributed by atoms with Crippen molar-refractivity contribution in [3.63, 3.8) is 0 Å². The zero-order valence-corrected chi connectivity index (χ0v) is 13.5. The lowest BCUT2D eigenvalue weighted by Gasteiger charge is -2.11. The lowest BCUT2D eigenvalue weighted by molar-refractivity contribution is -0.137. The van der Waals surface area contributed by atoms with Gasteiger partial charge in [-0.15, -0.1) is 0 Å². The van der Waals surface area contributed by atoms with E-state index < -0.39 is 16.0 Å². The van der Waals surface area contributed by atoms with Gasteiger partial charge in [0.1, 0.15) is 0 Å². The molecule has 0 radical (unpaired) electrons. The molecule has 0 amide bonds. The summed E-state index contributed by atoms with van der Waals surface area (Å²) in [6.45, 7) is 6.02. The number of hydrogen-bond acceptors (Lipinski definition) is 3. The van der Waals surface area contributed by atoms with Crippen molar-refractivity contribution in [2.75, 3.05) is 6.54 Å². The monoisotopic (exact) mass is 313 g/mol. The van der Waals surface area contributed by atoms with Gasteiger partial charge in [0.15, 0.2) is 0 Å². The molecule has 6 heteroatoms. The highest BCUT2D eigenvalue weighted by Gasteiger charge is 2.16. The molecule has 0 aliphatic carbocycles. The molecule has 0 fully saturated rings. The fourth-order valence-electron chi connectivity index (χ4n) is 1.98. The van der Waals surface area contributed by atoms with Crippen LogP contribution in [0.25, 0.3) is 0 Å². The summed E-state index contributed by atoms with van der Waals surface area (Å²) in [7, 11) is -3.58. The summed E-state index contributed by atoms with van der Waals surface area (Å²) in [5.41, 5.74) is 1.10. The van der Waals surface area contributed by atoms with Crippen LogP contribution in [0.5, 0.6) is 0 Å². The first-order valence-electron chi connectivity index (χ1n) is 7.01. The van der Waals surface area contributed by atoms with Crippen LogP contribution >= 0.6 is 0 Å². The number of carboxylic acids is 1. The summed E-state index contributed by atoms with van der Waals surface area (Å²) in [5, 5.41) is 8.66. The Balaban J connectivity index is 2.68. The molecule has 1 aromatic carbocycles. The van der Waals surface area contributed by atoms with Gasteiger partial charge in [0.05, 0.1) is 4.90 Å². The molecule has 118 valence electrons. The minimum Gasteiger partial charge on any atom is -0.481 e. The Hall–Kier alpha value is -1.40. The van der Waals surface area contributed by atoms with Crippen LogP contribution in [-0.4, -0.2) is 26.0 Å². The van der Waals surface area contributed by atoms with Gasteiger partial charge in [0, 0.05) is 13.0 Å². The van der Waals surface area contributed by atoms with Gasteiger partial charge in [-0.25, -0.2) is 13.1 Å². The van der Waals surface area contributed by atoms with Gasteiger partial charge in [-0.05, 0) is 36.0 Å². The number of carbonyl (C=O) groups is 1. The van der Waals surface area contributed by atoms with E-state index in [0.717, 1.165) is 12.0 Å². The summed E-state index contributed by atoms with van der Waals surface area (Å²) in [6, 6.07) is 6.80. The van der Waals surface area contributed by atoms with E-state index in [2.05, 4.69) is 18.6 Å². The van der Waals surface area contributed by atoms with Crippen LogP contribution in [0, 0.1) is 11.8 Å². The van der Waals surface area contributed by atoms with Crippen LogP contribution in [0.4, 0.5) is 0 Å². The molecule has 5 nitrogen and oxygen atoms in total. The predicted molar refractivity (Wildman–Crippen MR) is 81.6 cm³/mol. The Morgan fingerprint density at radius 2 is 1.76 bits per heavy atom. The smallest absolute Gasteiger partial charge is 0.303 e. The molecule has 2 N–H and O–H groups in total. The highest BCUT2D eigenvalue weighted by Crippen LogP contribution is 2.14. The summed E-state index contributed by atoms with van der Waals surface area (Å²) < 4.78 is 26.6. The van der Waals surface area contributed by atoms with Crippen LogP contribution in [0.3, 0.4) is 0 Å². The van der Waals surface area contributed by atoms with Crippen molar-refractivity contribution in [1.29, 1.82) is 0 Å². The topological polar surface area (TPSA) is 83.5 Å². The van der Waals surface area contributed by atoms with Gasteiger partial charge in [-0.2, -0.15) is 0 Å². The minimum absolute atomic E-state index is 0.0597. The van der Waals surface area contributed by atoms with Crippen LogP contribution in [0.15, 0.2) is 29.2 Å². The molecule has 0 aliphatic rings. The molecule has 1 atom stereocenters. The van der Waals surface area contributed by atoms with Crippen molar-refractivity contribution in [3.05, 3.63) is 29.8 Å². The maximum atomic E-state index is 12.1. The van der Waals surface area contributed by atoms with Crippen LogP contribution in [0.2, 0.25) is 0 Å². The summed E-state index contributed by atoms with van der Waals surface area (Å²) in [4.78, 5) is 10.8. The fraction of sp³-hybridized carbons (Fsp3) is 0.533. The highest BCUT2D eigenvalue weighted by atomic mass is 32.2. The Kier molecular flexibility index (Phi) is 6.36. The van der Waals surface area contributed by atoms with Crippen molar-refractivity contribution in [2.45, 2.75) is 38.5 Å². The first-order valence-corrected chi connectivity index (χ1v) is 8.49. The third-order valence-electron chi connectivity index (χ3n) is 3.02. The number of nitrogens with one attached hydrogen (secondary N) is 1. The molecule has 0 saturated carbocycles. The van der Waals surface area contributed by atoms with Gasteiger partial charge in [0.2, 0.25) is 10.0 Å². The minimum atomic E-state index is -3.58. The maximum Gasteiger partial charge on any atom is 0.303 e. The molecule has 0 spiro atoms. The second-order valence-electron chi connectivity index (χ2n) is 5.80. The summed E-state index contributed by atoms with van der Waals surface area (Å²) in [6.07, 6.45) is 0.846. The molecule has 0 saturated heterocycles. The Bertz CT molecular complexity index is 564. The Morgan fingerprint density at radius 3 is 2.24 bits per heavy atom. The first kappa shape index (κ1) is 17.7. The SMILES string of the molecule is CC(C)Cc1ccc(S(=O)(=O)NCC(C)CC(=O)O)cc1. The molecule has 0 heterocycles. The van der Waals surface area contributed by atoms with Crippen LogP contribution < -0.4 is 4.72 Å². The van der Waals surface area contributed by atoms with Gasteiger partial charge in [-0.1, -0.05) is 32.9 Å². The maximum absolute atomic E-state index is 12.1. The standard InChI is InChI=1S/C15H23NO4S/c1-11(2)8-13-4-6-14(7-5-13)21(19,20)16-10-12(3)9-15(17)18/h4-7,11-12,16H,8-10H2,1-3H3,(H,17,18). The van der Waals surface area contributed by atoms with Crippen LogP contribution in [-0.2, 0) is 21.2 Å². The van der Waals surface area contributed by atoms with Crippen LogP contribution in [0.1, 0.15) is 32.8 Å². The highest BCUT2D eigenvalue weighted by molar-refractivity contribution is 7.89. The van der Waals surface area contributed by atoms with Gasteiger partial charge in [0.25, 0.3) is 0 Å². The number of rotatable bonds is 8. The lowest BCUT2D eigenvalue weighted by Crippen LogP contribution is -2.29. The van der Waals surface area contributed by atoms with E-state index in [4.69, 9.17) is 5.11 Å². The molecule has 1 unspecified atom stereocenters. The number of carboxylic acid groups (broad SMARTS) is 1. The number of sulfonamides is 1. The van der Waals surface area contributed by atoms with Crippen molar-refractivity contribution in [2.24, 2.45) is 11.8 Å². The third kappa shape index (κ3) is 6.27. The van der Waals surface area contributed by atoms with Gasteiger partial charge >= 0.3 is 5.97 Å². The quantitative estimate of drug-likeness (QED) is 0.771. The molecule has 21 heavy (non-hydrogen) atoms. The molecule has 0 aliphatic heterocycles. The zero-order valence-electron chi connectivity index (χ0n) is 12.7. The van der Waals surface area contributed by atoms with Crippen molar-refractivity contribution in [1.82, 2.24) is 4.72 Å². The average Bonchev–Trinajstić information content (AvgIpc) is 2.36. The predicted octanol–water partition coefficient (Wildman–Crippen LogP) is 2.27. The Morgan fingerprint density at radius 1 is 1.19 bits per heavy atom. The van der Waals surface area contributed by atoms with Gasteiger partial charge in [-0.3, -0.25) is 4.79 Å². The van der Waals surface area contributed by atoms with E-state index in [1.165, 1.54) is 0 Å². The Labute approximate surface area is 126 Å². The molecule has 1 rings (SSSR count). The molecule has 1 aromatic rings.